The average Bonchev–Trinajstić information content (AvgIpc) is 3.05. The normalized spacial score (nSPS) is 10.3. The molecule has 1 amide bonds. The maximum Gasteiger partial charge on any atom is 0.371 e. The van der Waals surface area contributed by atoms with Crippen LogP contribution in [-0.4, -0.2) is 31.7 Å². The van der Waals surface area contributed by atoms with E-state index < -0.39 is 16.8 Å². The first-order valence-electron chi connectivity index (χ1n) is 5.71. The Bertz CT molecular complexity index is 688. The van der Waals surface area contributed by atoms with E-state index in [1.807, 2.05) is 0 Å². The van der Waals surface area contributed by atoms with E-state index in [0.29, 0.717) is 0 Å². The maximum absolute atomic E-state index is 11.6. The topological polar surface area (TPSA) is 140 Å². The molecule has 2 rings (SSSR count). The van der Waals surface area contributed by atoms with E-state index in [4.69, 9.17) is 9.52 Å². The highest BCUT2D eigenvalue weighted by molar-refractivity contribution is 5.84. The number of carbonyl (C=O) groups is 2. The SMILES string of the molecule is O=C(Cn1cc([N+](=O)[O-])cn1)NCc1ccc(C(=O)O)o1. The van der Waals surface area contributed by atoms with E-state index >= 15 is 0 Å². The molecule has 0 saturated heterocycles. The van der Waals surface area contributed by atoms with E-state index in [-0.39, 0.29) is 30.3 Å². The summed E-state index contributed by atoms with van der Waals surface area (Å²) >= 11 is 0. The molecule has 10 nitrogen and oxygen atoms in total. The minimum absolute atomic E-state index is 0.00940. The van der Waals surface area contributed by atoms with Gasteiger partial charge >= 0.3 is 11.7 Å². The molecule has 0 atom stereocenters. The number of hydrogen-bond donors (Lipinski definition) is 2. The number of nitro groups is 1. The standard InChI is InChI=1S/C11H10N4O6/c16-10(6-14-5-7(3-13-14)15(19)20)12-4-8-1-2-9(21-8)11(17)18/h1-3,5H,4,6H2,(H,12,16)(H,17,18). The Morgan fingerprint density at radius 3 is 2.81 bits per heavy atom. The number of hydrogen-bond acceptors (Lipinski definition) is 6. The molecule has 0 fully saturated rings. The number of aromatic nitrogens is 2. The number of nitrogens with one attached hydrogen (secondary N) is 1. The molecule has 0 aliphatic heterocycles. The zero-order valence-electron chi connectivity index (χ0n) is 10.6. The highest BCUT2D eigenvalue weighted by atomic mass is 16.6. The predicted molar refractivity (Wildman–Crippen MR) is 66.4 cm³/mol. The Kier molecular flexibility index (Phi) is 3.97. The average molecular weight is 294 g/mol. The Hall–Kier alpha value is -3.17. The van der Waals surface area contributed by atoms with Crippen molar-refractivity contribution in [1.82, 2.24) is 15.1 Å². The van der Waals surface area contributed by atoms with Gasteiger partial charge in [0.2, 0.25) is 11.7 Å². The molecule has 0 unspecified atom stereocenters. The molecule has 2 aromatic heterocycles. The van der Waals surface area contributed by atoms with Crippen LogP contribution in [0.4, 0.5) is 5.69 Å². The monoisotopic (exact) mass is 294 g/mol. The largest absolute Gasteiger partial charge is 0.475 e. The van der Waals surface area contributed by atoms with Crippen LogP contribution in [-0.2, 0) is 17.9 Å². The van der Waals surface area contributed by atoms with Gasteiger partial charge in [0.25, 0.3) is 0 Å². The lowest BCUT2D eigenvalue weighted by Crippen LogP contribution is -2.27. The zero-order valence-corrected chi connectivity index (χ0v) is 10.6. The van der Waals surface area contributed by atoms with Crippen molar-refractivity contribution >= 4 is 17.6 Å². The van der Waals surface area contributed by atoms with Crippen molar-refractivity contribution in [2.75, 3.05) is 0 Å². The molecular formula is C11H10N4O6. The van der Waals surface area contributed by atoms with Crippen molar-refractivity contribution in [3.63, 3.8) is 0 Å². The van der Waals surface area contributed by atoms with Crippen LogP contribution in [0.15, 0.2) is 28.9 Å². The van der Waals surface area contributed by atoms with Crippen molar-refractivity contribution in [1.29, 1.82) is 0 Å². The van der Waals surface area contributed by atoms with Gasteiger partial charge in [0.15, 0.2) is 0 Å². The molecule has 2 aromatic rings. The summed E-state index contributed by atoms with van der Waals surface area (Å²) in [5, 5.41) is 25.3. The molecule has 10 heteroatoms. The summed E-state index contributed by atoms with van der Waals surface area (Å²) in [7, 11) is 0. The third-order valence-electron chi connectivity index (χ3n) is 2.47. The number of carboxylic acids is 1. The van der Waals surface area contributed by atoms with E-state index in [9.17, 15) is 19.7 Å². The van der Waals surface area contributed by atoms with Crippen LogP contribution in [0.1, 0.15) is 16.3 Å². The van der Waals surface area contributed by atoms with E-state index in [1.54, 1.807) is 0 Å². The van der Waals surface area contributed by atoms with Gasteiger partial charge in [-0.25, -0.2) is 4.79 Å². The Morgan fingerprint density at radius 1 is 1.48 bits per heavy atom. The van der Waals surface area contributed by atoms with E-state index in [2.05, 4.69) is 10.4 Å². The second-order valence-corrected chi connectivity index (χ2v) is 4.00. The summed E-state index contributed by atoms with van der Waals surface area (Å²) in [5.74, 6) is -1.58. The van der Waals surface area contributed by atoms with Crippen LogP contribution >= 0.6 is 0 Å². The highest BCUT2D eigenvalue weighted by Gasteiger charge is 2.12. The molecule has 110 valence electrons. The number of amides is 1. The van der Waals surface area contributed by atoms with Crippen molar-refractivity contribution < 1.29 is 24.0 Å². The minimum Gasteiger partial charge on any atom is -0.475 e. The van der Waals surface area contributed by atoms with Crippen LogP contribution in [0.25, 0.3) is 0 Å². The first-order valence-corrected chi connectivity index (χ1v) is 5.71. The lowest BCUT2D eigenvalue weighted by molar-refractivity contribution is -0.385. The molecule has 2 heterocycles. The second kappa shape index (κ2) is 5.86. The van der Waals surface area contributed by atoms with Gasteiger partial charge in [0.1, 0.15) is 24.7 Å². The summed E-state index contributed by atoms with van der Waals surface area (Å²) in [4.78, 5) is 32.1. The van der Waals surface area contributed by atoms with Gasteiger partial charge in [-0.3, -0.25) is 19.6 Å². The van der Waals surface area contributed by atoms with Gasteiger partial charge in [0.05, 0.1) is 11.5 Å². The number of aromatic carboxylic acids is 1. The first kappa shape index (κ1) is 14.2. The Morgan fingerprint density at radius 2 is 2.24 bits per heavy atom. The summed E-state index contributed by atoms with van der Waals surface area (Å²) in [5.41, 5.74) is -0.208. The summed E-state index contributed by atoms with van der Waals surface area (Å²) in [6, 6.07) is 2.71. The van der Waals surface area contributed by atoms with E-state index in [1.165, 1.54) is 12.1 Å². The van der Waals surface area contributed by atoms with Crippen molar-refractivity contribution in [2.24, 2.45) is 0 Å². The molecule has 0 radical (unpaired) electrons. The van der Waals surface area contributed by atoms with Gasteiger partial charge in [0, 0.05) is 0 Å². The van der Waals surface area contributed by atoms with Gasteiger partial charge in [-0.15, -0.1) is 0 Å². The number of furan rings is 1. The lowest BCUT2D eigenvalue weighted by Gasteiger charge is -2.02. The van der Waals surface area contributed by atoms with E-state index in [0.717, 1.165) is 17.1 Å². The molecular weight excluding hydrogens is 284 g/mol. The predicted octanol–water partition coefficient (Wildman–Crippen LogP) is 0.399. The number of nitrogens with zero attached hydrogens (tertiary/aromatic N) is 3. The third-order valence-corrected chi connectivity index (χ3v) is 2.47. The second-order valence-electron chi connectivity index (χ2n) is 4.00. The fourth-order valence-corrected chi connectivity index (χ4v) is 1.51. The van der Waals surface area contributed by atoms with Gasteiger partial charge in [-0.05, 0) is 12.1 Å². The lowest BCUT2D eigenvalue weighted by atomic mass is 10.4. The highest BCUT2D eigenvalue weighted by Crippen LogP contribution is 2.08. The summed E-state index contributed by atoms with van der Waals surface area (Å²) in [6.45, 7) is -0.185. The van der Waals surface area contributed by atoms with Gasteiger partial charge < -0.3 is 14.8 Å². The summed E-state index contributed by atoms with van der Waals surface area (Å²) < 4.78 is 6.08. The van der Waals surface area contributed by atoms with Crippen molar-refractivity contribution in [3.05, 3.63) is 46.2 Å². The number of carboxylic acid groups (broad SMARTS) is 1. The van der Waals surface area contributed by atoms with Crippen LogP contribution in [0.2, 0.25) is 0 Å². The van der Waals surface area contributed by atoms with Crippen LogP contribution < -0.4 is 5.32 Å². The maximum atomic E-state index is 11.6. The van der Waals surface area contributed by atoms with Crippen LogP contribution in [0.5, 0.6) is 0 Å². The number of rotatable bonds is 6. The van der Waals surface area contributed by atoms with Gasteiger partial charge in [-0.2, -0.15) is 5.10 Å². The quantitative estimate of drug-likeness (QED) is 0.580. The van der Waals surface area contributed by atoms with Crippen molar-refractivity contribution in [2.45, 2.75) is 13.1 Å². The van der Waals surface area contributed by atoms with Gasteiger partial charge in [-0.1, -0.05) is 0 Å². The Balaban J connectivity index is 1.86. The zero-order chi connectivity index (χ0) is 15.4. The smallest absolute Gasteiger partial charge is 0.371 e. The first-order chi connectivity index (χ1) is 9.95. The summed E-state index contributed by atoms with van der Waals surface area (Å²) in [6.07, 6.45) is 2.17. The molecule has 0 aromatic carbocycles. The molecule has 0 saturated carbocycles. The van der Waals surface area contributed by atoms with Crippen LogP contribution in [0, 0.1) is 10.1 Å². The molecule has 21 heavy (non-hydrogen) atoms. The molecule has 2 N–H and O–H groups in total. The fourth-order valence-electron chi connectivity index (χ4n) is 1.51. The van der Waals surface area contributed by atoms with Crippen molar-refractivity contribution in [3.8, 4) is 0 Å². The molecule has 0 bridgehead atoms. The fraction of sp³-hybridized carbons (Fsp3) is 0.182. The molecule has 0 spiro atoms. The Labute approximate surface area is 117 Å². The molecule has 0 aliphatic rings. The minimum atomic E-state index is -1.20. The van der Waals surface area contributed by atoms with Crippen LogP contribution in [0.3, 0.4) is 0 Å². The number of carbonyl (C=O) groups excluding carboxylic acids is 1. The third kappa shape index (κ3) is 3.65. The molecule has 0 aliphatic carbocycles.